The van der Waals surface area contributed by atoms with E-state index in [1.54, 1.807) is 0 Å². The fraction of sp³-hybridized carbons (Fsp3) is 0.667. The summed E-state index contributed by atoms with van der Waals surface area (Å²) in [5, 5.41) is 3.11. The molecular formula is C18H25ClF3IN4O2. The summed E-state index contributed by atoms with van der Waals surface area (Å²) in [5.74, 6) is 0.777. The summed E-state index contributed by atoms with van der Waals surface area (Å²) in [6.45, 7) is 6.68. The Balaban J connectivity index is 0.00000300. The highest BCUT2D eigenvalue weighted by Gasteiger charge is 2.42. The molecule has 0 amide bonds. The molecule has 2 saturated heterocycles. The first kappa shape index (κ1) is 24.3. The van der Waals surface area contributed by atoms with Crippen LogP contribution in [0.1, 0.15) is 25.3 Å². The second kappa shape index (κ2) is 10.3. The highest BCUT2D eigenvalue weighted by molar-refractivity contribution is 14.0. The fourth-order valence-electron chi connectivity index (χ4n) is 3.49. The average molecular weight is 549 g/mol. The minimum absolute atomic E-state index is 0. The molecule has 11 heteroatoms. The SMILES string of the molecule is CCNC(=NCCOc1ncc(C(F)(F)F)cc1Cl)N1CCC2(CCOC2)C1.I. The average Bonchev–Trinajstić information content (AvgIpc) is 3.28. The topological polar surface area (TPSA) is 59.0 Å². The summed E-state index contributed by atoms with van der Waals surface area (Å²) in [6.07, 6.45) is -1.62. The smallest absolute Gasteiger partial charge is 0.417 e. The van der Waals surface area contributed by atoms with Gasteiger partial charge in [0.25, 0.3) is 0 Å². The maximum atomic E-state index is 12.6. The Kier molecular flexibility index (Phi) is 8.65. The van der Waals surface area contributed by atoms with E-state index in [0.29, 0.717) is 12.7 Å². The summed E-state index contributed by atoms with van der Waals surface area (Å²) in [6, 6.07) is 0.810. The third kappa shape index (κ3) is 6.24. The third-order valence-electron chi connectivity index (χ3n) is 4.98. The van der Waals surface area contributed by atoms with Crippen molar-refractivity contribution < 1.29 is 22.6 Å². The number of nitrogens with zero attached hydrogens (tertiary/aromatic N) is 3. The lowest BCUT2D eigenvalue weighted by molar-refractivity contribution is -0.137. The molecule has 2 fully saturated rings. The predicted molar refractivity (Wildman–Crippen MR) is 115 cm³/mol. The lowest BCUT2D eigenvalue weighted by Crippen LogP contribution is -2.41. The van der Waals surface area contributed by atoms with Crippen LogP contribution in [0.15, 0.2) is 17.3 Å². The van der Waals surface area contributed by atoms with Crippen molar-refractivity contribution in [2.45, 2.75) is 25.9 Å². The summed E-state index contributed by atoms with van der Waals surface area (Å²) in [5.41, 5.74) is -0.680. The molecule has 1 spiro atoms. The van der Waals surface area contributed by atoms with Crippen LogP contribution in [-0.4, -0.2) is 61.8 Å². The van der Waals surface area contributed by atoms with E-state index in [1.807, 2.05) is 6.92 Å². The van der Waals surface area contributed by atoms with Crippen LogP contribution in [-0.2, 0) is 10.9 Å². The van der Waals surface area contributed by atoms with E-state index in [1.165, 1.54) is 0 Å². The molecule has 1 aromatic heterocycles. The lowest BCUT2D eigenvalue weighted by Gasteiger charge is -2.25. The number of hydrogen-bond acceptors (Lipinski definition) is 4. The van der Waals surface area contributed by atoms with Crippen molar-refractivity contribution in [1.29, 1.82) is 0 Å². The zero-order chi connectivity index (χ0) is 20.2. The Labute approximate surface area is 190 Å². The molecule has 1 atom stereocenters. The normalized spacial score (nSPS) is 22.1. The standard InChI is InChI=1S/C18H24ClF3N4O2.HI/c1-2-23-16(26-6-3-17(11-26)4-7-27-12-17)24-5-8-28-15-14(19)9-13(10-25-15)18(20,21)22;/h9-10H,2-8,11-12H2,1H3,(H,23,24);1H. The molecule has 0 radical (unpaired) electrons. The van der Waals surface area contributed by atoms with Crippen molar-refractivity contribution in [2.24, 2.45) is 10.4 Å². The Hall–Kier alpha value is -1.01. The zero-order valence-corrected chi connectivity index (χ0v) is 19.2. The van der Waals surface area contributed by atoms with Gasteiger partial charge < -0.3 is 19.7 Å². The van der Waals surface area contributed by atoms with E-state index in [9.17, 15) is 13.2 Å². The number of guanidine groups is 1. The zero-order valence-electron chi connectivity index (χ0n) is 16.1. The van der Waals surface area contributed by atoms with Crippen LogP contribution < -0.4 is 10.1 Å². The molecule has 1 aromatic rings. The minimum atomic E-state index is -4.49. The number of aliphatic imine (C=N–C) groups is 1. The number of nitrogens with one attached hydrogen (secondary N) is 1. The van der Waals surface area contributed by atoms with Crippen LogP contribution >= 0.6 is 35.6 Å². The van der Waals surface area contributed by atoms with Crippen molar-refractivity contribution in [2.75, 3.05) is 46.0 Å². The number of pyridine rings is 1. The van der Waals surface area contributed by atoms with Gasteiger partial charge in [-0.3, -0.25) is 0 Å². The van der Waals surface area contributed by atoms with Crippen LogP contribution in [0.5, 0.6) is 5.88 Å². The molecule has 29 heavy (non-hydrogen) atoms. The second-order valence-electron chi connectivity index (χ2n) is 7.07. The van der Waals surface area contributed by atoms with Gasteiger partial charge in [-0.05, 0) is 25.8 Å². The van der Waals surface area contributed by atoms with Gasteiger partial charge in [-0.2, -0.15) is 13.2 Å². The van der Waals surface area contributed by atoms with Gasteiger partial charge in [0.2, 0.25) is 5.88 Å². The number of halogens is 5. The molecule has 2 aliphatic rings. The monoisotopic (exact) mass is 548 g/mol. The van der Waals surface area contributed by atoms with Gasteiger partial charge in [-0.1, -0.05) is 11.6 Å². The van der Waals surface area contributed by atoms with Gasteiger partial charge >= 0.3 is 6.18 Å². The van der Waals surface area contributed by atoms with Crippen molar-refractivity contribution in [3.05, 3.63) is 22.8 Å². The molecule has 1 unspecified atom stereocenters. The van der Waals surface area contributed by atoms with Crippen LogP contribution in [0.2, 0.25) is 5.02 Å². The van der Waals surface area contributed by atoms with Crippen LogP contribution in [0.25, 0.3) is 0 Å². The Morgan fingerprint density at radius 3 is 2.86 bits per heavy atom. The largest absolute Gasteiger partial charge is 0.475 e. The first-order valence-electron chi connectivity index (χ1n) is 9.29. The summed E-state index contributed by atoms with van der Waals surface area (Å²) < 4.78 is 48.9. The molecule has 164 valence electrons. The van der Waals surface area contributed by atoms with Gasteiger partial charge in [0.05, 0.1) is 18.7 Å². The minimum Gasteiger partial charge on any atom is -0.475 e. The first-order valence-corrected chi connectivity index (χ1v) is 9.67. The summed E-state index contributed by atoms with van der Waals surface area (Å²) in [4.78, 5) is 10.5. The Morgan fingerprint density at radius 1 is 1.45 bits per heavy atom. The van der Waals surface area contributed by atoms with E-state index in [0.717, 1.165) is 57.7 Å². The van der Waals surface area contributed by atoms with Crippen molar-refractivity contribution in [3.8, 4) is 5.88 Å². The van der Waals surface area contributed by atoms with Gasteiger partial charge in [0.15, 0.2) is 5.96 Å². The van der Waals surface area contributed by atoms with E-state index >= 15 is 0 Å². The van der Waals surface area contributed by atoms with E-state index in [4.69, 9.17) is 21.1 Å². The second-order valence-corrected chi connectivity index (χ2v) is 7.47. The van der Waals surface area contributed by atoms with Gasteiger partial charge in [0.1, 0.15) is 11.6 Å². The lowest BCUT2D eigenvalue weighted by atomic mass is 9.87. The molecule has 0 aliphatic carbocycles. The van der Waals surface area contributed by atoms with Crippen molar-refractivity contribution >= 4 is 41.5 Å². The van der Waals surface area contributed by atoms with Crippen molar-refractivity contribution in [3.63, 3.8) is 0 Å². The quantitative estimate of drug-likeness (QED) is 0.262. The number of ether oxygens (including phenoxy) is 2. The molecule has 0 aromatic carbocycles. The molecule has 1 N–H and O–H groups in total. The van der Waals surface area contributed by atoms with Crippen molar-refractivity contribution in [1.82, 2.24) is 15.2 Å². The molecule has 3 heterocycles. The third-order valence-corrected chi connectivity index (χ3v) is 5.25. The molecule has 2 aliphatic heterocycles. The highest BCUT2D eigenvalue weighted by atomic mass is 127. The molecule has 3 rings (SSSR count). The van der Waals surface area contributed by atoms with Crippen LogP contribution in [0, 0.1) is 5.41 Å². The van der Waals surface area contributed by atoms with Gasteiger partial charge in [0, 0.05) is 37.9 Å². The molecule has 0 bridgehead atoms. The number of rotatable bonds is 5. The first-order chi connectivity index (χ1) is 13.3. The molecular weight excluding hydrogens is 524 g/mol. The van der Waals surface area contributed by atoms with Gasteiger partial charge in [-0.25, -0.2) is 9.98 Å². The van der Waals surface area contributed by atoms with E-state index < -0.39 is 11.7 Å². The number of alkyl halides is 3. The van der Waals surface area contributed by atoms with E-state index in [-0.39, 0.29) is 46.9 Å². The highest BCUT2D eigenvalue weighted by Crippen LogP contribution is 2.38. The predicted octanol–water partition coefficient (Wildman–Crippen LogP) is 3.83. The molecule has 6 nitrogen and oxygen atoms in total. The fourth-order valence-corrected chi connectivity index (χ4v) is 3.71. The van der Waals surface area contributed by atoms with Crippen LogP contribution in [0.4, 0.5) is 13.2 Å². The van der Waals surface area contributed by atoms with E-state index in [2.05, 4.69) is 20.2 Å². The maximum Gasteiger partial charge on any atom is 0.417 e. The summed E-state index contributed by atoms with van der Waals surface area (Å²) >= 11 is 5.84. The Bertz CT molecular complexity index is 715. The van der Waals surface area contributed by atoms with Gasteiger partial charge in [-0.15, -0.1) is 24.0 Å². The number of likely N-dealkylation sites (tertiary alicyclic amines) is 1. The number of hydrogen-bond donors (Lipinski definition) is 1. The maximum absolute atomic E-state index is 12.6. The Morgan fingerprint density at radius 2 is 2.24 bits per heavy atom. The van der Waals surface area contributed by atoms with Crippen LogP contribution in [0.3, 0.4) is 0 Å². The summed E-state index contributed by atoms with van der Waals surface area (Å²) in [7, 11) is 0. The number of aromatic nitrogens is 1. The molecule has 0 saturated carbocycles.